The summed E-state index contributed by atoms with van der Waals surface area (Å²) in [7, 11) is 0. The maximum absolute atomic E-state index is 12.4. The highest BCUT2D eigenvalue weighted by atomic mass is 16.5. The van der Waals surface area contributed by atoms with E-state index in [-0.39, 0.29) is 30.4 Å². The first-order valence-electron chi connectivity index (χ1n) is 10.2. The molecule has 4 aliphatic carbocycles. The molecule has 0 radical (unpaired) electrons. The van der Waals surface area contributed by atoms with E-state index in [1.54, 1.807) is 24.3 Å². The van der Waals surface area contributed by atoms with E-state index in [1.165, 1.54) is 26.2 Å². The van der Waals surface area contributed by atoms with Crippen LogP contribution in [0, 0.1) is 17.8 Å². The Balaban J connectivity index is 1.23. The minimum atomic E-state index is -0.423. The van der Waals surface area contributed by atoms with Gasteiger partial charge in [0.05, 0.1) is 6.42 Å². The summed E-state index contributed by atoms with van der Waals surface area (Å²) in [5.74, 6) is 1.53. The molecule has 0 saturated heterocycles. The number of hydrogen-bond donors (Lipinski definition) is 2. The molecule has 0 atom stereocenters. The molecule has 0 aromatic heterocycles. The van der Waals surface area contributed by atoms with E-state index >= 15 is 0 Å². The van der Waals surface area contributed by atoms with Crippen molar-refractivity contribution in [2.45, 2.75) is 57.4 Å². The Kier molecular flexibility index (Phi) is 5.13. The number of hydrogen-bond acceptors (Lipinski definition) is 4. The number of benzene rings is 1. The van der Waals surface area contributed by atoms with Crippen molar-refractivity contribution in [3.8, 4) is 0 Å². The number of esters is 1. The molecule has 4 saturated carbocycles. The Morgan fingerprint density at radius 1 is 1.00 bits per heavy atom. The molecule has 4 fully saturated rings. The lowest BCUT2D eigenvalue weighted by Crippen LogP contribution is -2.60. The molecule has 2 N–H and O–H groups in total. The van der Waals surface area contributed by atoms with Crippen molar-refractivity contribution >= 4 is 23.5 Å². The largest absolute Gasteiger partial charge is 0.455 e. The summed E-state index contributed by atoms with van der Waals surface area (Å²) in [6.07, 6.45) is 7.32. The van der Waals surface area contributed by atoms with Crippen LogP contribution < -0.4 is 10.6 Å². The molecule has 1 aromatic rings. The highest BCUT2D eigenvalue weighted by molar-refractivity contribution is 5.88. The van der Waals surface area contributed by atoms with Crippen molar-refractivity contribution in [1.82, 2.24) is 5.32 Å². The van der Waals surface area contributed by atoms with Gasteiger partial charge in [0, 0.05) is 18.2 Å². The first kappa shape index (κ1) is 19.0. The molecule has 4 bridgehead atoms. The van der Waals surface area contributed by atoms with Gasteiger partial charge in [-0.05, 0) is 74.0 Å². The predicted molar refractivity (Wildman–Crippen MR) is 104 cm³/mol. The minimum absolute atomic E-state index is 0.0578. The van der Waals surface area contributed by atoms with Crippen LogP contribution in [0.15, 0.2) is 24.3 Å². The first-order valence-corrected chi connectivity index (χ1v) is 10.2. The van der Waals surface area contributed by atoms with Gasteiger partial charge in [0.2, 0.25) is 5.91 Å². The second-order valence-electron chi connectivity index (χ2n) is 8.96. The molecule has 6 nitrogen and oxygen atoms in total. The molecule has 4 aliphatic rings. The Bertz CT molecular complexity index is 736. The van der Waals surface area contributed by atoms with Gasteiger partial charge in [0.25, 0.3) is 5.91 Å². The second-order valence-corrected chi connectivity index (χ2v) is 8.96. The van der Waals surface area contributed by atoms with Crippen LogP contribution >= 0.6 is 0 Å². The van der Waals surface area contributed by atoms with Crippen LogP contribution in [0.4, 0.5) is 5.69 Å². The fourth-order valence-corrected chi connectivity index (χ4v) is 5.87. The van der Waals surface area contributed by atoms with Crippen molar-refractivity contribution in [2.75, 3.05) is 11.9 Å². The average Bonchev–Trinajstić information content (AvgIpc) is 2.60. The van der Waals surface area contributed by atoms with Crippen LogP contribution in [0.25, 0.3) is 0 Å². The van der Waals surface area contributed by atoms with E-state index in [0.717, 1.165) is 42.6 Å². The second kappa shape index (κ2) is 7.57. The standard InChI is InChI=1S/C22H28N2O4/c1-14(25)23-19-4-2-15(3-5-19)9-21(27)28-13-20(26)24-22-10-16-6-17(11-22)8-18(7-16)12-22/h2-5,16-18H,6-13H2,1H3,(H,23,25)(H,24,26). The van der Waals surface area contributed by atoms with E-state index < -0.39 is 5.97 Å². The van der Waals surface area contributed by atoms with Gasteiger partial charge in [0.15, 0.2) is 6.61 Å². The number of carbonyl (C=O) groups is 3. The van der Waals surface area contributed by atoms with E-state index in [4.69, 9.17) is 4.74 Å². The average molecular weight is 384 g/mol. The summed E-state index contributed by atoms with van der Waals surface area (Å²) in [5.41, 5.74) is 1.40. The molecule has 0 unspecified atom stereocenters. The van der Waals surface area contributed by atoms with Crippen LogP contribution in [-0.2, 0) is 25.5 Å². The molecule has 28 heavy (non-hydrogen) atoms. The third-order valence-electron chi connectivity index (χ3n) is 6.43. The fourth-order valence-electron chi connectivity index (χ4n) is 5.87. The Morgan fingerprint density at radius 2 is 1.57 bits per heavy atom. The maximum atomic E-state index is 12.4. The first-order chi connectivity index (χ1) is 13.4. The molecule has 0 heterocycles. The third-order valence-corrected chi connectivity index (χ3v) is 6.43. The highest BCUT2D eigenvalue weighted by Gasteiger charge is 2.51. The summed E-state index contributed by atoms with van der Waals surface area (Å²) in [5, 5.41) is 5.89. The van der Waals surface area contributed by atoms with Gasteiger partial charge in [-0.25, -0.2) is 0 Å². The van der Waals surface area contributed by atoms with Gasteiger partial charge >= 0.3 is 5.97 Å². The van der Waals surface area contributed by atoms with Crippen LogP contribution in [0.3, 0.4) is 0 Å². The summed E-state index contributed by atoms with van der Waals surface area (Å²) in [6.45, 7) is 1.23. The third kappa shape index (κ3) is 4.37. The fraction of sp³-hybridized carbons (Fsp3) is 0.591. The molecular weight excluding hydrogens is 356 g/mol. The Labute approximate surface area is 165 Å². The normalized spacial score (nSPS) is 30.0. The summed E-state index contributed by atoms with van der Waals surface area (Å²) < 4.78 is 5.20. The Hall–Kier alpha value is -2.37. The molecule has 2 amide bonds. The van der Waals surface area contributed by atoms with E-state index in [9.17, 15) is 14.4 Å². The van der Waals surface area contributed by atoms with Gasteiger partial charge in [-0.2, -0.15) is 0 Å². The smallest absolute Gasteiger partial charge is 0.310 e. The summed E-state index contributed by atoms with van der Waals surface area (Å²) in [6, 6.07) is 7.01. The summed E-state index contributed by atoms with van der Waals surface area (Å²) >= 11 is 0. The van der Waals surface area contributed by atoms with Gasteiger partial charge in [-0.1, -0.05) is 12.1 Å². The van der Waals surface area contributed by atoms with Crippen molar-refractivity contribution < 1.29 is 19.1 Å². The molecule has 1 aromatic carbocycles. The van der Waals surface area contributed by atoms with E-state index in [2.05, 4.69) is 10.6 Å². The van der Waals surface area contributed by atoms with Crippen molar-refractivity contribution in [3.05, 3.63) is 29.8 Å². The van der Waals surface area contributed by atoms with Gasteiger partial charge < -0.3 is 15.4 Å². The molecule has 150 valence electrons. The highest BCUT2D eigenvalue weighted by Crippen LogP contribution is 2.55. The number of anilines is 1. The maximum Gasteiger partial charge on any atom is 0.310 e. The molecular formula is C22H28N2O4. The van der Waals surface area contributed by atoms with Crippen LogP contribution in [0.5, 0.6) is 0 Å². The number of nitrogens with one attached hydrogen (secondary N) is 2. The zero-order chi connectivity index (χ0) is 19.7. The SMILES string of the molecule is CC(=O)Nc1ccc(CC(=O)OCC(=O)NC23CC4CC(CC(C4)C2)C3)cc1. The van der Waals surface area contributed by atoms with Gasteiger partial charge in [0.1, 0.15) is 0 Å². The lowest BCUT2D eigenvalue weighted by atomic mass is 9.53. The van der Waals surface area contributed by atoms with Crippen LogP contribution in [0.1, 0.15) is 51.0 Å². The molecule has 0 aliphatic heterocycles. The zero-order valence-corrected chi connectivity index (χ0v) is 16.3. The molecule has 6 heteroatoms. The van der Waals surface area contributed by atoms with Gasteiger partial charge in [-0.15, -0.1) is 0 Å². The summed E-state index contributed by atoms with van der Waals surface area (Å²) in [4.78, 5) is 35.5. The quantitative estimate of drug-likeness (QED) is 0.739. The number of carbonyl (C=O) groups excluding carboxylic acids is 3. The van der Waals surface area contributed by atoms with Crippen molar-refractivity contribution in [2.24, 2.45) is 17.8 Å². The molecule has 0 spiro atoms. The van der Waals surface area contributed by atoms with Gasteiger partial charge in [-0.3, -0.25) is 14.4 Å². The monoisotopic (exact) mass is 384 g/mol. The van der Waals surface area contributed by atoms with E-state index in [1.807, 2.05) is 0 Å². The lowest BCUT2D eigenvalue weighted by Gasteiger charge is -2.56. The number of rotatable bonds is 6. The van der Waals surface area contributed by atoms with Crippen LogP contribution in [-0.4, -0.2) is 29.9 Å². The number of ether oxygens (including phenoxy) is 1. The van der Waals surface area contributed by atoms with Crippen LogP contribution in [0.2, 0.25) is 0 Å². The number of amides is 2. The van der Waals surface area contributed by atoms with Crippen molar-refractivity contribution in [3.63, 3.8) is 0 Å². The molecule has 5 rings (SSSR count). The Morgan fingerprint density at radius 3 is 2.11 bits per heavy atom. The lowest BCUT2D eigenvalue weighted by molar-refractivity contribution is -0.149. The predicted octanol–water partition coefficient (Wildman–Crippen LogP) is 2.82. The van der Waals surface area contributed by atoms with Crippen molar-refractivity contribution in [1.29, 1.82) is 0 Å². The topological polar surface area (TPSA) is 84.5 Å². The minimum Gasteiger partial charge on any atom is -0.455 e. The van der Waals surface area contributed by atoms with E-state index in [0.29, 0.717) is 5.69 Å². The zero-order valence-electron chi connectivity index (χ0n) is 16.3.